The second-order valence-electron chi connectivity index (χ2n) is 12.0. The highest BCUT2D eigenvalue weighted by Crippen LogP contribution is 2.49. The molecule has 0 saturated carbocycles. The lowest BCUT2D eigenvalue weighted by Crippen LogP contribution is -2.46. The number of benzene rings is 2. The molecule has 1 aliphatic carbocycles. The zero-order chi connectivity index (χ0) is 29.2. The number of likely N-dealkylation sites (N-methyl/N-ethyl adjacent to an activating group) is 1. The first-order chi connectivity index (χ1) is 21.0. The summed E-state index contributed by atoms with van der Waals surface area (Å²) >= 11 is 1.48. The number of piperazine rings is 1. The smallest absolute Gasteiger partial charge is 0.202 e. The predicted molar refractivity (Wildman–Crippen MR) is 173 cm³/mol. The highest BCUT2D eigenvalue weighted by atomic mass is 32.1. The van der Waals surface area contributed by atoms with E-state index in [1.807, 2.05) is 41.5 Å². The number of hydrogen-bond acceptors (Lipinski definition) is 6. The Hall–Kier alpha value is -3.92. The minimum absolute atomic E-state index is 0.0511. The van der Waals surface area contributed by atoms with Gasteiger partial charge in [0, 0.05) is 90.5 Å². The van der Waals surface area contributed by atoms with Crippen molar-refractivity contribution < 1.29 is 9.90 Å². The van der Waals surface area contributed by atoms with Crippen LogP contribution in [-0.2, 0) is 26.4 Å². The van der Waals surface area contributed by atoms with Crippen LogP contribution in [0.25, 0.3) is 43.7 Å². The number of hydrogen-bond donors (Lipinski definition) is 2. The molecule has 0 amide bonds. The van der Waals surface area contributed by atoms with E-state index < -0.39 is 0 Å². The van der Waals surface area contributed by atoms with Gasteiger partial charge in [-0.1, -0.05) is 13.0 Å². The van der Waals surface area contributed by atoms with Gasteiger partial charge in [0.05, 0.1) is 21.5 Å². The van der Waals surface area contributed by atoms with Gasteiger partial charge in [0.15, 0.2) is 5.88 Å². The van der Waals surface area contributed by atoms with E-state index in [2.05, 4.69) is 44.6 Å². The number of fused-ring (bicyclic) bond motifs is 10. The highest BCUT2D eigenvalue weighted by molar-refractivity contribution is 7.12. The quantitative estimate of drug-likeness (QED) is 0.229. The number of aromatic hydroxyl groups is 1. The van der Waals surface area contributed by atoms with Gasteiger partial charge in [0.1, 0.15) is 0 Å². The van der Waals surface area contributed by atoms with Crippen molar-refractivity contribution >= 4 is 49.7 Å². The zero-order valence-electron chi connectivity index (χ0n) is 24.7. The first-order valence-corrected chi connectivity index (χ1v) is 16.3. The van der Waals surface area contributed by atoms with Crippen LogP contribution in [0.4, 0.5) is 0 Å². The fourth-order valence-corrected chi connectivity index (χ4v) is 8.18. The topological polar surface area (TPSA) is 82.3 Å². The van der Waals surface area contributed by atoms with Crippen molar-refractivity contribution in [2.75, 3.05) is 39.3 Å². The SMILES string of the molecule is CCN1CCN(CCCn2c3ccc(C(=O)c4cccs4)cc3c3c4c[nH]c(O)c4c4c(c32)CCc2nn(C)cc2-4)CC1. The van der Waals surface area contributed by atoms with Gasteiger partial charge in [0.2, 0.25) is 5.78 Å². The van der Waals surface area contributed by atoms with Crippen molar-refractivity contribution in [3.05, 3.63) is 69.8 Å². The van der Waals surface area contributed by atoms with Gasteiger partial charge in [-0.25, -0.2) is 0 Å². The van der Waals surface area contributed by atoms with Crippen molar-refractivity contribution in [1.82, 2.24) is 29.1 Å². The molecule has 5 heterocycles. The summed E-state index contributed by atoms with van der Waals surface area (Å²) in [5.74, 6) is 0.234. The van der Waals surface area contributed by atoms with Crippen LogP contribution in [0.5, 0.6) is 5.88 Å². The van der Waals surface area contributed by atoms with Crippen LogP contribution in [0.3, 0.4) is 0 Å². The van der Waals surface area contributed by atoms with Crippen molar-refractivity contribution in [1.29, 1.82) is 0 Å². The molecule has 6 aromatic rings. The van der Waals surface area contributed by atoms with E-state index in [1.54, 1.807) is 0 Å². The molecule has 9 heteroatoms. The van der Waals surface area contributed by atoms with Gasteiger partial charge < -0.3 is 24.5 Å². The maximum Gasteiger partial charge on any atom is 0.202 e. The lowest BCUT2D eigenvalue weighted by Gasteiger charge is -2.34. The lowest BCUT2D eigenvalue weighted by atomic mass is 9.85. The second-order valence-corrected chi connectivity index (χ2v) is 12.9. The number of carbonyl (C=O) groups excluding carboxylic acids is 1. The third-order valence-electron chi connectivity index (χ3n) is 9.59. The van der Waals surface area contributed by atoms with Crippen molar-refractivity contribution in [3.8, 4) is 17.0 Å². The standard InChI is InChI=1S/C34H36N6O2S/c1-3-38-13-15-39(16-14-38)11-5-12-40-27-10-7-21(33(41)28-6-4-17-43-28)18-23(27)30-24-19-35-34(42)31(24)29-22(32(30)40)8-9-26-25(29)20-37(2)36-26/h4,6-7,10,17-20,35,42H,3,5,8-9,11-16H2,1-2H3. The summed E-state index contributed by atoms with van der Waals surface area (Å²) < 4.78 is 4.38. The van der Waals surface area contributed by atoms with E-state index in [1.165, 1.54) is 22.4 Å². The fourth-order valence-electron chi connectivity index (χ4n) is 7.49. The fraction of sp³-hybridized carbons (Fsp3) is 0.353. The average Bonchev–Trinajstić information content (AvgIpc) is 3.82. The largest absolute Gasteiger partial charge is 0.494 e. The van der Waals surface area contributed by atoms with Crippen LogP contribution < -0.4 is 0 Å². The molecule has 43 heavy (non-hydrogen) atoms. The number of nitrogens with one attached hydrogen (secondary N) is 1. The minimum atomic E-state index is 0.0511. The van der Waals surface area contributed by atoms with Gasteiger partial charge in [-0.3, -0.25) is 9.48 Å². The van der Waals surface area contributed by atoms with Crippen LogP contribution in [-0.4, -0.2) is 79.3 Å². The molecular formula is C34H36N6O2S. The van der Waals surface area contributed by atoms with Crippen molar-refractivity contribution in [2.45, 2.75) is 32.7 Å². The van der Waals surface area contributed by atoms with Crippen LogP contribution in [0.1, 0.15) is 39.8 Å². The van der Waals surface area contributed by atoms with Gasteiger partial charge in [0.25, 0.3) is 0 Å². The molecule has 2 N–H and O–H groups in total. The lowest BCUT2D eigenvalue weighted by molar-refractivity contribution is 0.104. The summed E-state index contributed by atoms with van der Waals surface area (Å²) in [5.41, 5.74) is 7.59. The normalized spacial score (nSPS) is 16.0. The summed E-state index contributed by atoms with van der Waals surface area (Å²) in [6.45, 7) is 9.85. The third kappa shape index (κ3) is 4.24. The van der Waals surface area contributed by atoms with E-state index in [9.17, 15) is 9.90 Å². The van der Waals surface area contributed by atoms with E-state index in [-0.39, 0.29) is 11.7 Å². The number of thiophene rings is 1. The summed E-state index contributed by atoms with van der Waals surface area (Å²) in [6.07, 6.45) is 6.78. The number of rotatable bonds is 7. The van der Waals surface area contributed by atoms with Gasteiger partial charge in [-0.15, -0.1) is 11.3 Å². The second kappa shape index (κ2) is 10.4. The number of ketones is 1. The van der Waals surface area contributed by atoms with Crippen LogP contribution in [0, 0.1) is 0 Å². The van der Waals surface area contributed by atoms with Gasteiger partial charge in [-0.2, -0.15) is 5.10 Å². The van der Waals surface area contributed by atoms with Crippen molar-refractivity contribution in [3.63, 3.8) is 0 Å². The summed E-state index contributed by atoms with van der Waals surface area (Å²) in [7, 11) is 1.97. The van der Waals surface area contributed by atoms with E-state index in [4.69, 9.17) is 5.10 Å². The Kier molecular flexibility index (Phi) is 6.43. The first-order valence-electron chi connectivity index (χ1n) is 15.4. The molecule has 0 radical (unpaired) electrons. The van der Waals surface area contributed by atoms with E-state index >= 15 is 0 Å². The number of aromatic amines is 1. The summed E-state index contributed by atoms with van der Waals surface area (Å²) in [6, 6.07) is 10.0. The highest BCUT2D eigenvalue weighted by Gasteiger charge is 2.30. The Balaban J connectivity index is 1.32. The summed E-state index contributed by atoms with van der Waals surface area (Å²) in [5, 5.41) is 21.9. The van der Waals surface area contributed by atoms with Gasteiger partial charge in [-0.05, 0) is 67.6 Å². The molecule has 8 rings (SSSR count). The molecule has 0 atom stereocenters. The number of carbonyl (C=O) groups is 1. The maximum atomic E-state index is 13.5. The van der Waals surface area contributed by atoms with Crippen LogP contribution in [0.15, 0.2) is 48.1 Å². The van der Waals surface area contributed by atoms with Gasteiger partial charge >= 0.3 is 0 Å². The number of aromatic nitrogens is 4. The van der Waals surface area contributed by atoms with Crippen LogP contribution in [0.2, 0.25) is 0 Å². The third-order valence-corrected chi connectivity index (χ3v) is 10.5. The molecule has 4 aromatic heterocycles. The van der Waals surface area contributed by atoms with Crippen LogP contribution >= 0.6 is 11.3 Å². The molecule has 2 aromatic carbocycles. The molecule has 1 fully saturated rings. The Morgan fingerprint density at radius 1 is 1.05 bits per heavy atom. The monoisotopic (exact) mass is 592 g/mol. The predicted octanol–water partition coefficient (Wildman–Crippen LogP) is 5.80. The molecule has 2 aliphatic rings. The zero-order valence-corrected chi connectivity index (χ0v) is 25.5. The minimum Gasteiger partial charge on any atom is -0.494 e. The van der Waals surface area contributed by atoms with E-state index in [0.29, 0.717) is 5.56 Å². The van der Waals surface area contributed by atoms with E-state index in [0.717, 1.165) is 114 Å². The molecule has 0 unspecified atom stereocenters. The Morgan fingerprint density at radius 2 is 1.88 bits per heavy atom. The Morgan fingerprint density at radius 3 is 2.67 bits per heavy atom. The van der Waals surface area contributed by atoms with Crippen molar-refractivity contribution in [2.24, 2.45) is 7.05 Å². The Bertz CT molecular complexity index is 2010. The Labute approximate surface area is 254 Å². The molecule has 8 nitrogen and oxygen atoms in total. The first kappa shape index (κ1) is 26.7. The molecule has 0 spiro atoms. The molecule has 1 saturated heterocycles. The number of H-pyrrole nitrogens is 1. The molecular weight excluding hydrogens is 556 g/mol. The average molecular weight is 593 g/mol. The maximum absolute atomic E-state index is 13.5. The molecule has 220 valence electrons. The molecule has 1 aliphatic heterocycles. The summed E-state index contributed by atoms with van der Waals surface area (Å²) in [4.78, 5) is 22.5. The number of nitrogens with zero attached hydrogens (tertiary/aromatic N) is 5. The molecule has 0 bridgehead atoms. The number of aryl methyl sites for hydroxylation is 4.